The summed E-state index contributed by atoms with van der Waals surface area (Å²) in [4.78, 5) is 0. The number of rotatable bonds is 8. The second-order valence-electron chi connectivity index (χ2n) is 3.56. The summed E-state index contributed by atoms with van der Waals surface area (Å²) in [6, 6.07) is 0. The van der Waals surface area contributed by atoms with E-state index in [9.17, 15) is 0 Å². The van der Waals surface area contributed by atoms with Gasteiger partial charge in [-0.2, -0.15) is 0 Å². The Labute approximate surface area is 82.8 Å². The average Bonchev–Trinajstić information content (AvgIpc) is 2.11. The molecule has 0 spiro atoms. The number of hydrogen-bond acceptors (Lipinski definition) is 2. The van der Waals surface area contributed by atoms with Crippen molar-refractivity contribution in [2.45, 2.75) is 46.5 Å². The van der Waals surface area contributed by atoms with Crippen LogP contribution >= 0.6 is 0 Å². The van der Waals surface area contributed by atoms with Crippen molar-refractivity contribution in [3.8, 4) is 0 Å². The van der Waals surface area contributed by atoms with Gasteiger partial charge in [0.15, 0.2) is 0 Å². The minimum Gasteiger partial charge on any atom is -0.329 e. The van der Waals surface area contributed by atoms with Gasteiger partial charge in [0.25, 0.3) is 0 Å². The maximum absolute atomic E-state index is 3.17. The van der Waals surface area contributed by atoms with Crippen LogP contribution in [0, 0.1) is 5.92 Å². The quantitative estimate of drug-likeness (QED) is 0.448. The molecule has 0 bridgehead atoms. The van der Waals surface area contributed by atoms with Crippen LogP contribution in [0.1, 0.15) is 46.5 Å². The van der Waals surface area contributed by atoms with Crippen LogP contribution in [-0.4, -0.2) is 6.54 Å². The fraction of sp³-hybridized carbons (Fsp3) is 0.818. The molecule has 0 aromatic heterocycles. The Morgan fingerprint density at radius 3 is 2.62 bits per heavy atom. The van der Waals surface area contributed by atoms with E-state index in [0.29, 0.717) is 0 Å². The smallest absolute Gasteiger partial charge is 0.0150 e. The van der Waals surface area contributed by atoms with Crippen LogP contribution in [0.3, 0.4) is 0 Å². The molecule has 0 radical (unpaired) electrons. The molecule has 0 saturated heterocycles. The van der Waals surface area contributed by atoms with Crippen LogP contribution < -0.4 is 10.9 Å². The third-order valence-corrected chi connectivity index (χ3v) is 2.08. The first-order chi connectivity index (χ1) is 6.31. The zero-order valence-electron chi connectivity index (χ0n) is 9.27. The van der Waals surface area contributed by atoms with Gasteiger partial charge in [-0.1, -0.05) is 39.7 Å². The Balaban J connectivity index is 3.10. The van der Waals surface area contributed by atoms with Gasteiger partial charge in [0, 0.05) is 12.7 Å². The van der Waals surface area contributed by atoms with Gasteiger partial charge in [-0.05, 0) is 18.8 Å². The molecule has 2 nitrogen and oxygen atoms in total. The molecule has 0 rings (SSSR count). The Bertz CT molecular complexity index is 121. The average molecular weight is 184 g/mol. The lowest BCUT2D eigenvalue weighted by atomic mass is 10.0. The maximum atomic E-state index is 3.17. The van der Waals surface area contributed by atoms with Crippen molar-refractivity contribution in [1.82, 2.24) is 10.9 Å². The van der Waals surface area contributed by atoms with Crippen molar-refractivity contribution in [3.05, 3.63) is 12.3 Å². The van der Waals surface area contributed by atoms with Gasteiger partial charge >= 0.3 is 0 Å². The van der Waals surface area contributed by atoms with Gasteiger partial charge in [-0.3, -0.25) is 0 Å². The van der Waals surface area contributed by atoms with Gasteiger partial charge in [0.2, 0.25) is 0 Å². The molecular formula is C11H24N2. The van der Waals surface area contributed by atoms with Crippen molar-refractivity contribution < 1.29 is 0 Å². The first-order valence-corrected chi connectivity index (χ1v) is 5.44. The molecule has 0 aromatic carbocycles. The van der Waals surface area contributed by atoms with Crippen molar-refractivity contribution in [2.75, 3.05) is 6.54 Å². The van der Waals surface area contributed by atoms with Crippen LogP contribution in [0.5, 0.6) is 0 Å². The van der Waals surface area contributed by atoms with Crippen molar-refractivity contribution in [1.29, 1.82) is 0 Å². The van der Waals surface area contributed by atoms with Gasteiger partial charge < -0.3 is 5.43 Å². The molecule has 0 aliphatic rings. The standard InChI is InChI=1S/C11H24N2/c1-4-6-9-12-13-10-8-11(3)7-5-2/h6,9,11-13H,4-5,7-8,10H2,1-3H3/b9-6-/t11-/m0/s1. The lowest BCUT2D eigenvalue weighted by Crippen LogP contribution is -2.28. The molecular weight excluding hydrogens is 160 g/mol. The fourth-order valence-corrected chi connectivity index (χ4v) is 1.26. The second kappa shape index (κ2) is 9.59. The van der Waals surface area contributed by atoms with Gasteiger partial charge in [0.1, 0.15) is 0 Å². The minimum absolute atomic E-state index is 0.842. The van der Waals surface area contributed by atoms with Crippen LogP contribution in [0.2, 0.25) is 0 Å². The number of hydrazine groups is 1. The molecule has 2 N–H and O–H groups in total. The molecule has 0 aromatic rings. The highest BCUT2D eigenvalue weighted by atomic mass is 15.3. The van der Waals surface area contributed by atoms with E-state index in [4.69, 9.17) is 0 Å². The molecule has 78 valence electrons. The molecule has 0 aliphatic heterocycles. The summed E-state index contributed by atoms with van der Waals surface area (Å²) in [6.07, 6.45) is 9.03. The molecule has 2 heteroatoms. The van der Waals surface area contributed by atoms with Crippen molar-refractivity contribution >= 4 is 0 Å². The van der Waals surface area contributed by atoms with E-state index in [1.165, 1.54) is 19.3 Å². The van der Waals surface area contributed by atoms with Crippen LogP contribution in [0.25, 0.3) is 0 Å². The van der Waals surface area contributed by atoms with E-state index >= 15 is 0 Å². The molecule has 13 heavy (non-hydrogen) atoms. The number of hydrogen-bond donors (Lipinski definition) is 2. The zero-order valence-corrected chi connectivity index (χ0v) is 9.27. The first-order valence-electron chi connectivity index (χ1n) is 5.44. The summed E-state index contributed by atoms with van der Waals surface area (Å²) in [5, 5.41) is 0. The molecule has 0 saturated carbocycles. The predicted molar refractivity (Wildman–Crippen MR) is 59.3 cm³/mol. The fourth-order valence-electron chi connectivity index (χ4n) is 1.26. The van der Waals surface area contributed by atoms with E-state index in [1.807, 2.05) is 6.20 Å². The summed E-state index contributed by atoms with van der Waals surface area (Å²) in [5.74, 6) is 0.842. The summed E-state index contributed by atoms with van der Waals surface area (Å²) in [5.41, 5.74) is 6.23. The summed E-state index contributed by atoms with van der Waals surface area (Å²) in [6.45, 7) is 7.73. The zero-order chi connectivity index (χ0) is 9.94. The third-order valence-electron chi connectivity index (χ3n) is 2.08. The van der Waals surface area contributed by atoms with E-state index in [-0.39, 0.29) is 0 Å². The van der Waals surface area contributed by atoms with E-state index < -0.39 is 0 Å². The molecule has 0 fully saturated rings. The Kier molecular flexibility index (Phi) is 9.22. The van der Waals surface area contributed by atoms with Gasteiger partial charge in [0.05, 0.1) is 0 Å². The molecule has 1 atom stereocenters. The highest BCUT2D eigenvalue weighted by Gasteiger charge is 1.98. The van der Waals surface area contributed by atoms with Gasteiger partial charge in [-0.15, -0.1) is 0 Å². The Hall–Kier alpha value is -0.500. The van der Waals surface area contributed by atoms with Crippen molar-refractivity contribution in [3.63, 3.8) is 0 Å². The SMILES string of the molecule is CC/C=C\NNCC[C@@H](C)CCC. The predicted octanol–water partition coefficient (Wildman–Crippen LogP) is 2.83. The maximum Gasteiger partial charge on any atom is 0.0150 e. The molecule has 0 amide bonds. The van der Waals surface area contributed by atoms with Crippen LogP contribution in [0.15, 0.2) is 12.3 Å². The lowest BCUT2D eigenvalue weighted by Gasteiger charge is -2.10. The molecule has 0 aliphatic carbocycles. The third kappa shape index (κ3) is 9.41. The lowest BCUT2D eigenvalue weighted by molar-refractivity contribution is 0.454. The number of nitrogens with one attached hydrogen (secondary N) is 2. The summed E-state index contributed by atoms with van der Waals surface area (Å²) >= 11 is 0. The van der Waals surface area contributed by atoms with E-state index in [2.05, 4.69) is 37.7 Å². The highest BCUT2D eigenvalue weighted by molar-refractivity contribution is 4.75. The first kappa shape index (κ1) is 12.5. The molecule has 0 unspecified atom stereocenters. The van der Waals surface area contributed by atoms with E-state index in [1.54, 1.807) is 0 Å². The summed E-state index contributed by atoms with van der Waals surface area (Å²) < 4.78 is 0. The largest absolute Gasteiger partial charge is 0.329 e. The van der Waals surface area contributed by atoms with Crippen LogP contribution in [-0.2, 0) is 0 Å². The monoisotopic (exact) mass is 184 g/mol. The number of allylic oxidation sites excluding steroid dienone is 1. The Morgan fingerprint density at radius 1 is 1.23 bits per heavy atom. The van der Waals surface area contributed by atoms with Crippen molar-refractivity contribution in [2.24, 2.45) is 5.92 Å². The Morgan fingerprint density at radius 2 is 2.00 bits per heavy atom. The second-order valence-corrected chi connectivity index (χ2v) is 3.56. The topological polar surface area (TPSA) is 24.1 Å². The van der Waals surface area contributed by atoms with E-state index in [0.717, 1.165) is 18.9 Å². The normalized spacial score (nSPS) is 13.5. The minimum atomic E-state index is 0.842. The highest BCUT2D eigenvalue weighted by Crippen LogP contribution is 2.07. The summed E-state index contributed by atoms with van der Waals surface area (Å²) in [7, 11) is 0. The molecule has 0 heterocycles. The van der Waals surface area contributed by atoms with Crippen LogP contribution in [0.4, 0.5) is 0 Å². The van der Waals surface area contributed by atoms with Gasteiger partial charge in [-0.25, -0.2) is 5.43 Å².